The van der Waals surface area contributed by atoms with E-state index >= 15 is 0 Å². The van der Waals surface area contributed by atoms with Gasteiger partial charge >= 0.3 is 0 Å². The summed E-state index contributed by atoms with van der Waals surface area (Å²) in [4.78, 5) is 17.6. The second-order valence-electron chi connectivity index (χ2n) is 7.33. The minimum absolute atomic E-state index is 0.263. The van der Waals surface area contributed by atoms with Crippen molar-refractivity contribution in [2.24, 2.45) is 0 Å². The van der Waals surface area contributed by atoms with Crippen LogP contribution in [-0.2, 0) is 16.1 Å². The van der Waals surface area contributed by atoms with Gasteiger partial charge in [-0.15, -0.1) is 0 Å². The Kier molecular flexibility index (Phi) is 5.41. The number of carbonyl (C=O) groups excluding carboxylic acids is 1. The fourth-order valence-electron chi connectivity index (χ4n) is 4.13. The number of Topliss-reactive ketones (excluding diaryl/α,β-unsaturated/α-hetero) is 1. The van der Waals surface area contributed by atoms with E-state index in [0.29, 0.717) is 26.1 Å². The number of allylic oxidation sites excluding steroid dienone is 1. The zero-order chi connectivity index (χ0) is 18.6. The smallest absolute Gasteiger partial charge is 0.162 e. The second-order valence-corrected chi connectivity index (χ2v) is 7.33. The summed E-state index contributed by atoms with van der Waals surface area (Å²) in [7, 11) is 1.72. The molecule has 0 radical (unpaired) electrons. The van der Waals surface area contributed by atoms with Crippen LogP contribution in [0.2, 0.25) is 0 Å². The maximum Gasteiger partial charge on any atom is 0.162 e. The number of ketones is 1. The van der Waals surface area contributed by atoms with Gasteiger partial charge in [-0.25, -0.2) is 0 Å². The number of hydrogen-bond acceptors (Lipinski definition) is 5. The molecule has 4 rings (SSSR count). The summed E-state index contributed by atoms with van der Waals surface area (Å²) >= 11 is 0. The largest absolute Gasteiger partial charge is 0.468 e. The van der Waals surface area contributed by atoms with Gasteiger partial charge in [0.1, 0.15) is 5.76 Å². The van der Waals surface area contributed by atoms with Crippen LogP contribution in [0.15, 0.2) is 64.4 Å². The molecule has 1 aromatic heterocycles. The number of ether oxygens (including phenoxy) is 1. The van der Waals surface area contributed by atoms with Gasteiger partial charge in [-0.1, -0.05) is 30.3 Å². The molecule has 2 aliphatic rings. The van der Waals surface area contributed by atoms with E-state index in [1.807, 2.05) is 18.2 Å². The summed E-state index contributed by atoms with van der Waals surface area (Å²) < 4.78 is 10.8. The van der Waals surface area contributed by atoms with Crippen LogP contribution in [0.5, 0.6) is 0 Å². The molecule has 2 heterocycles. The van der Waals surface area contributed by atoms with Gasteiger partial charge in [0, 0.05) is 37.9 Å². The SMILES string of the molecule is COCCN1CN(Cc2ccco2)CC2=C1C[C@H](c1ccccc1)CC2=O. The average Bonchev–Trinajstić information content (AvgIpc) is 3.20. The number of furan rings is 1. The molecule has 1 atom stereocenters. The van der Waals surface area contributed by atoms with E-state index in [1.54, 1.807) is 13.4 Å². The van der Waals surface area contributed by atoms with Crippen molar-refractivity contribution in [3.8, 4) is 0 Å². The summed E-state index contributed by atoms with van der Waals surface area (Å²) in [5, 5.41) is 0. The molecule has 0 saturated carbocycles. The van der Waals surface area contributed by atoms with Gasteiger partial charge in [-0.05, 0) is 30.0 Å². The van der Waals surface area contributed by atoms with E-state index in [-0.39, 0.29) is 11.7 Å². The van der Waals surface area contributed by atoms with Crippen LogP contribution in [0.4, 0.5) is 0 Å². The van der Waals surface area contributed by atoms with Gasteiger partial charge in [0.25, 0.3) is 0 Å². The van der Waals surface area contributed by atoms with Crippen molar-refractivity contribution < 1.29 is 13.9 Å². The molecular formula is C22H26N2O3. The Morgan fingerprint density at radius 2 is 2.00 bits per heavy atom. The highest BCUT2D eigenvalue weighted by Crippen LogP contribution is 2.38. The fourth-order valence-corrected chi connectivity index (χ4v) is 4.13. The summed E-state index contributed by atoms with van der Waals surface area (Å²) in [6.07, 6.45) is 3.21. The lowest BCUT2D eigenvalue weighted by Gasteiger charge is -2.43. The highest BCUT2D eigenvalue weighted by atomic mass is 16.5. The number of methoxy groups -OCH3 is 1. The van der Waals surface area contributed by atoms with E-state index in [1.165, 1.54) is 11.3 Å². The maximum atomic E-state index is 13.0. The fraction of sp³-hybridized carbons (Fsp3) is 0.409. The third kappa shape index (κ3) is 3.99. The first kappa shape index (κ1) is 18.0. The zero-order valence-corrected chi connectivity index (χ0v) is 15.8. The number of hydrogen-bond donors (Lipinski definition) is 0. The van der Waals surface area contributed by atoms with Crippen molar-refractivity contribution in [3.63, 3.8) is 0 Å². The monoisotopic (exact) mass is 366 g/mol. The topological polar surface area (TPSA) is 45.9 Å². The quantitative estimate of drug-likeness (QED) is 0.784. The summed E-state index contributed by atoms with van der Waals surface area (Å²) in [5.41, 5.74) is 3.42. The first-order valence-electron chi connectivity index (χ1n) is 9.53. The lowest BCUT2D eigenvalue weighted by atomic mass is 9.80. The van der Waals surface area contributed by atoms with Gasteiger partial charge in [-0.2, -0.15) is 0 Å². The molecule has 5 nitrogen and oxygen atoms in total. The van der Waals surface area contributed by atoms with E-state index in [0.717, 1.165) is 31.0 Å². The minimum Gasteiger partial charge on any atom is -0.468 e. The van der Waals surface area contributed by atoms with Crippen LogP contribution >= 0.6 is 0 Å². The molecule has 2 aromatic rings. The highest BCUT2D eigenvalue weighted by molar-refractivity contribution is 5.98. The van der Waals surface area contributed by atoms with Crippen LogP contribution in [0.1, 0.15) is 30.1 Å². The first-order chi connectivity index (χ1) is 13.2. The van der Waals surface area contributed by atoms with Crippen LogP contribution in [-0.4, -0.2) is 49.1 Å². The Morgan fingerprint density at radius 1 is 1.15 bits per heavy atom. The van der Waals surface area contributed by atoms with Crippen molar-refractivity contribution in [1.29, 1.82) is 0 Å². The molecule has 5 heteroatoms. The molecule has 0 fully saturated rings. The number of benzene rings is 1. The Hall–Kier alpha value is -2.37. The normalized spacial score (nSPS) is 20.9. The molecule has 1 aromatic carbocycles. The first-order valence-corrected chi connectivity index (χ1v) is 9.53. The van der Waals surface area contributed by atoms with Gasteiger partial charge < -0.3 is 14.1 Å². The Morgan fingerprint density at radius 3 is 2.74 bits per heavy atom. The summed E-state index contributed by atoms with van der Waals surface area (Å²) in [6, 6.07) is 14.3. The lowest BCUT2D eigenvalue weighted by Crippen LogP contribution is -2.47. The van der Waals surface area contributed by atoms with Gasteiger partial charge in [0.05, 0.1) is 26.1 Å². The van der Waals surface area contributed by atoms with Gasteiger partial charge in [0.2, 0.25) is 0 Å². The van der Waals surface area contributed by atoms with Crippen LogP contribution < -0.4 is 0 Å². The van der Waals surface area contributed by atoms with E-state index in [4.69, 9.17) is 9.15 Å². The molecule has 0 amide bonds. The number of rotatable bonds is 6. The molecule has 0 N–H and O–H groups in total. The summed E-state index contributed by atoms with van der Waals surface area (Å²) in [5.74, 6) is 1.46. The molecule has 0 saturated heterocycles. The van der Waals surface area contributed by atoms with Crippen molar-refractivity contribution in [2.45, 2.75) is 25.3 Å². The molecule has 1 aliphatic carbocycles. The Labute approximate surface area is 160 Å². The maximum absolute atomic E-state index is 13.0. The van der Waals surface area contributed by atoms with Crippen molar-refractivity contribution >= 4 is 5.78 Å². The zero-order valence-electron chi connectivity index (χ0n) is 15.8. The highest BCUT2D eigenvalue weighted by Gasteiger charge is 2.35. The molecule has 0 bridgehead atoms. The standard InChI is InChI=1S/C22H26N2O3/c1-26-11-9-24-16-23(14-19-8-5-10-27-19)15-20-21(24)12-18(13-22(20)25)17-6-3-2-4-7-17/h2-8,10,18H,9,11-16H2,1H3/t18-/m0/s1. The van der Waals surface area contributed by atoms with Crippen molar-refractivity contribution in [1.82, 2.24) is 9.80 Å². The van der Waals surface area contributed by atoms with Crippen LogP contribution in [0, 0.1) is 0 Å². The van der Waals surface area contributed by atoms with E-state index in [9.17, 15) is 4.79 Å². The Balaban J connectivity index is 1.58. The van der Waals surface area contributed by atoms with Gasteiger partial charge in [-0.3, -0.25) is 9.69 Å². The lowest BCUT2D eigenvalue weighted by molar-refractivity contribution is -0.117. The third-order valence-electron chi connectivity index (χ3n) is 5.49. The molecule has 27 heavy (non-hydrogen) atoms. The van der Waals surface area contributed by atoms with Crippen LogP contribution in [0.3, 0.4) is 0 Å². The molecule has 0 spiro atoms. The van der Waals surface area contributed by atoms with Crippen molar-refractivity contribution in [3.05, 3.63) is 71.3 Å². The minimum atomic E-state index is 0.263. The van der Waals surface area contributed by atoms with E-state index < -0.39 is 0 Å². The summed E-state index contributed by atoms with van der Waals surface area (Å²) in [6.45, 7) is 3.63. The van der Waals surface area contributed by atoms with Crippen molar-refractivity contribution in [2.75, 3.05) is 33.5 Å². The predicted molar refractivity (Wildman–Crippen MR) is 103 cm³/mol. The average molecular weight is 366 g/mol. The molecule has 142 valence electrons. The predicted octanol–water partition coefficient (Wildman–Crippen LogP) is 3.40. The van der Waals surface area contributed by atoms with Crippen LogP contribution in [0.25, 0.3) is 0 Å². The molecular weight excluding hydrogens is 340 g/mol. The van der Waals surface area contributed by atoms with E-state index in [2.05, 4.69) is 34.1 Å². The number of carbonyl (C=O) groups is 1. The Bertz CT molecular complexity index is 798. The molecule has 1 aliphatic heterocycles. The molecule has 0 unspecified atom stereocenters. The van der Waals surface area contributed by atoms with Gasteiger partial charge in [0.15, 0.2) is 5.78 Å². The third-order valence-corrected chi connectivity index (χ3v) is 5.49. The second kappa shape index (κ2) is 8.11. The number of nitrogens with zero attached hydrogens (tertiary/aromatic N) is 2.